The summed E-state index contributed by atoms with van der Waals surface area (Å²) >= 11 is -0.833. The van der Waals surface area contributed by atoms with Crippen molar-refractivity contribution in [2.24, 2.45) is 0 Å². The Hall–Kier alpha value is 0.939. The van der Waals surface area contributed by atoms with Gasteiger partial charge in [0.25, 0.3) is 0 Å². The predicted octanol–water partition coefficient (Wildman–Crippen LogP) is -4.76. The maximum absolute atomic E-state index is 8.24. The van der Waals surface area contributed by atoms with Gasteiger partial charge in [0, 0.05) is 0 Å². The van der Waals surface area contributed by atoms with Gasteiger partial charge >= 0.3 is 17.1 Å². The zero-order valence-corrected chi connectivity index (χ0v) is 5.36. The summed E-state index contributed by atoms with van der Waals surface area (Å²) < 4.78 is 32.9. The molecule has 7 heavy (non-hydrogen) atoms. The molecule has 0 spiro atoms. The molecule has 0 bridgehead atoms. The van der Waals surface area contributed by atoms with Crippen LogP contribution in [0.5, 0.6) is 0 Å². The SMILES string of the molecule is [Fe+2].[O-][Cl+][O-].[O-][Cl+][O-]. The topological polar surface area (TPSA) is 92.2 Å². The van der Waals surface area contributed by atoms with Crippen molar-refractivity contribution in [3.63, 3.8) is 0 Å². The molecule has 0 heterocycles. The molecule has 7 heteroatoms. The van der Waals surface area contributed by atoms with E-state index in [1.54, 1.807) is 0 Å². The van der Waals surface area contributed by atoms with E-state index in [4.69, 9.17) is 18.6 Å². The Morgan fingerprint density at radius 1 is 0.714 bits per heavy atom. The molecule has 0 amide bonds. The Bertz CT molecular complexity index is 11.7. The van der Waals surface area contributed by atoms with Gasteiger partial charge in [-0.25, -0.2) is 0 Å². The van der Waals surface area contributed by atoms with Crippen LogP contribution in [0.4, 0.5) is 0 Å². The minimum Gasteiger partial charge on any atom is -0.544 e. The van der Waals surface area contributed by atoms with Gasteiger partial charge in [0.2, 0.25) is 0 Å². The van der Waals surface area contributed by atoms with Crippen LogP contribution in [0.15, 0.2) is 0 Å². The van der Waals surface area contributed by atoms with Crippen molar-refractivity contribution in [3.8, 4) is 0 Å². The third-order valence-corrected chi connectivity index (χ3v) is 0. The zero-order chi connectivity index (χ0) is 5.41. The van der Waals surface area contributed by atoms with Gasteiger partial charge in [-0.2, -0.15) is 0 Å². The molecule has 0 rings (SSSR count). The summed E-state index contributed by atoms with van der Waals surface area (Å²) in [5.74, 6) is 0. The molecule has 0 aromatic heterocycles. The van der Waals surface area contributed by atoms with Gasteiger partial charge < -0.3 is 18.6 Å². The van der Waals surface area contributed by atoms with Crippen LogP contribution >= 0.6 is 0 Å². The monoisotopic (exact) mass is 190 g/mol. The minimum atomic E-state index is -0.417. The van der Waals surface area contributed by atoms with Crippen LogP contribution in [0.3, 0.4) is 0 Å². The third-order valence-electron chi connectivity index (χ3n) is 0. The van der Waals surface area contributed by atoms with E-state index in [2.05, 4.69) is 0 Å². The summed E-state index contributed by atoms with van der Waals surface area (Å²) in [7, 11) is 0. The molecule has 0 unspecified atom stereocenters. The van der Waals surface area contributed by atoms with E-state index >= 15 is 0 Å². The number of hydrogen-bond acceptors (Lipinski definition) is 4. The summed E-state index contributed by atoms with van der Waals surface area (Å²) in [6, 6.07) is 0. The van der Waals surface area contributed by atoms with E-state index in [-0.39, 0.29) is 17.1 Å². The van der Waals surface area contributed by atoms with E-state index in [0.717, 1.165) is 0 Å². The van der Waals surface area contributed by atoms with Crippen LogP contribution in [0.1, 0.15) is 0 Å². The van der Waals surface area contributed by atoms with E-state index in [0.29, 0.717) is 0 Å². The van der Waals surface area contributed by atoms with Crippen LogP contribution in [-0.4, -0.2) is 0 Å². The van der Waals surface area contributed by atoms with Crippen LogP contribution < -0.4 is 18.6 Å². The molecule has 0 fully saturated rings. The van der Waals surface area contributed by atoms with Crippen molar-refractivity contribution in [1.29, 1.82) is 0 Å². The Kier molecular flexibility index (Phi) is 63.4. The molecule has 4 nitrogen and oxygen atoms in total. The van der Waals surface area contributed by atoms with Crippen molar-refractivity contribution in [1.82, 2.24) is 0 Å². The summed E-state index contributed by atoms with van der Waals surface area (Å²) in [5, 5.41) is 0. The zero-order valence-electron chi connectivity index (χ0n) is 2.74. The van der Waals surface area contributed by atoms with E-state index in [9.17, 15) is 0 Å². The van der Waals surface area contributed by atoms with Gasteiger partial charge in [-0.05, 0) is 0 Å². The van der Waals surface area contributed by atoms with Gasteiger partial charge in [0.05, 0.1) is 22.7 Å². The molecule has 46 valence electrons. The number of hydrogen-bond donors (Lipinski definition) is 0. The Balaban J connectivity index is -0.0000000400. The standard InChI is InChI=1S/2ClO2.Fe/c2*2-1-3;/q2*-1;+2. The molecule has 0 atom stereocenters. The van der Waals surface area contributed by atoms with Crippen LogP contribution in [0, 0.1) is 22.7 Å². The fourth-order valence-corrected chi connectivity index (χ4v) is 0. The first-order valence-corrected chi connectivity index (χ1v) is 1.85. The van der Waals surface area contributed by atoms with E-state index in [1.807, 2.05) is 0 Å². The molecule has 0 N–H and O–H groups in total. The predicted molar refractivity (Wildman–Crippen MR) is 0 cm³/mol. The fourth-order valence-electron chi connectivity index (χ4n) is 0. The first-order chi connectivity index (χ1) is 2.83. The number of rotatable bonds is 0. The molecule has 0 saturated carbocycles. The number of halogens is 2. The van der Waals surface area contributed by atoms with Crippen LogP contribution in [-0.2, 0) is 17.1 Å². The quantitative estimate of drug-likeness (QED) is 0.359. The molecule has 0 aliphatic rings. The molecule has 0 aromatic rings. The van der Waals surface area contributed by atoms with Crippen molar-refractivity contribution in [2.45, 2.75) is 0 Å². The third kappa shape index (κ3) is 192. The molecule has 0 aliphatic carbocycles. The summed E-state index contributed by atoms with van der Waals surface area (Å²) in [6.45, 7) is 0. The van der Waals surface area contributed by atoms with Crippen molar-refractivity contribution < 1.29 is 58.4 Å². The second kappa shape index (κ2) is 28.3. The van der Waals surface area contributed by atoms with Gasteiger partial charge in [0.1, 0.15) is 0 Å². The van der Waals surface area contributed by atoms with Gasteiger partial charge in [-0.1, -0.05) is 0 Å². The van der Waals surface area contributed by atoms with Crippen molar-refractivity contribution >= 4 is 0 Å². The van der Waals surface area contributed by atoms with Gasteiger partial charge in [-0.3, -0.25) is 0 Å². The van der Waals surface area contributed by atoms with Crippen LogP contribution in [0.2, 0.25) is 0 Å². The molecule has 0 saturated heterocycles. The fraction of sp³-hybridized carbons (Fsp3) is 0. The second-order valence-electron chi connectivity index (χ2n) is 0.126. The van der Waals surface area contributed by atoms with Crippen molar-refractivity contribution in [2.75, 3.05) is 0 Å². The Labute approximate surface area is 58.8 Å². The normalized spacial score (nSPS) is 5.14. The second-order valence-corrected chi connectivity index (χ2v) is 0.378. The van der Waals surface area contributed by atoms with Crippen molar-refractivity contribution in [3.05, 3.63) is 0 Å². The average Bonchev–Trinajstić information content (AvgIpc) is 1.39. The first kappa shape index (κ1) is 15.7. The summed E-state index contributed by atoms with van der Waals surface area (Å²) in [5.41, 5.74) is 0. The Morgan fingerprint density at radius 3 is 0.714 bits per heavy atom. The largest absolute Gasteiger partial charge is 2.00 e. The smallest absolute Gasteiger partial charge is 0.544 e. The first-order valence-electron chi connectivity index (χ1n) is 0.617. The van der Waals surface area contributed by atoms with E-state index < -0.39 is 22.7 Å². The summed E-state index contributed by atoms with van der Waals surface area (Å²) in [4.78, 5) is 0. The molecule has 0 aliphatic heterocycles. The molecular formula is Cl2FeO4. The van der Waals surface area contributed by atoms with Gasteiger partial charge in [-0.15, -0.1) is 0 Å². The molecule has 0 radical (unpaired) electrons. The maximum Gasteiger partial charge on any atom is 2.00 e. The van der Waals surface area contributed by atoms with E-state index in [1.165, 1.54) is 0 Å². The summed E-state index contributed by atoms with van der Waals surface area (Å²) in [6.07, 6.45) is 0. The Morgan fingerprint density at radius 2 is 0.714 bits per heavy atom. The molecule has 0 aromatic carbocycles. The van der Waals surface area contributed by atoms with Crippen LogP contribution in [0.25, 0.3) is 0 Å². The minimum absolute atomic E-state index is 0. The van der Waals surface area contributed by atoms with Gasteiger partial charge in [0.15, 0.2) is 0 Å². The average molecular weight is 191 g/mol. The molecular weight excluding hydrogens is 191 g/mol. The maximum atomic E-state index is 8.24.